The molecule has 2 aromatic heterocycles. The number of aliphatic hydroxyl groups excluding tert-OH is 1. The van der Waals surface area contributed by atoms with Crippen molar-refractivity contribution in [1.82, 2.24) is 24.4 Å². The molecule has 3 aliphatic rings. The number of carbonyl (C=O) groups excluding carboxylic acids is 2. The van der Waals surface area contributed by atoms with Gasteiger partial charge in [-0.2, -0.15) is 0 Å². The first-order chi connectivity index (χ1) is 14.0. The largest absolute Gasteiger partial charge is 0.394 e. The average molecular weight is 399 g/mol. The molecule has 9 heteroatoms. The van der Waals surface area contributed by atoms with Crippen LogP contribution >= 0.6 is 0 Å². The third-order valence-corrected chi connectivity index (χ3v) is 6.82. The highest BCUT2D eigenvalue weighted by atomic mass is 16.3. The van der Waals surface area contributed by atoms with Gasteiger partial charge in [-0.3, -0.25) is 19.5 Å². The number of aryl methyl sites for hydroxylation is 1. The molecule has 3 aliphatic heterocycles. The minimum atomic E-state index is -0.406. The molecule has 0 unspecified atom stereocenters. The first kappa shape index (κ1) is 18.4. The first-order valence-electron chi connectivity index (χ1n) is 10.3. The number of aromatic nitrogens is 3. The van der Waals surface area contributed by atoms with Crippen LogP contribution < -0.4 is 5.56 Å². The number of piperidine rings is 3. The maximum Gasteiger partial charge on any atom is 0.285 e. The molecular formula is C20H25N5O4. The van der Waals surface area contributed by atoms with Crippen molar-refractivity contribution in [2.45, 2.75) is 44.7 Å². The predicted molar refractivity (Wildman–Crippen MR) is 103 cm³/mol. The topological polar surface area (TPSA) is 111 Å². The number of nitrogens with zero attached hydrogens (tertiary/aromatic N) is 4. The Hall–Kier alpha value is -2.68. The zero-order valence-corrected chi connectivity index (χ0v) is 16.4. The van der Waals surface area contributed by atoms with Gasteiger partial charge in [0, 0.05) is 43.5 Å². The van der Waals surface area contributed by atoms with Crippen LogP contribution in [0.2, 0.25) is 0 Å². The summed E-state index contributed by atoms with van der Waals surface area (Å²) in [6, 6.07) is 1.56. The minimum absolute atomic E-state index is 0.0215. The van der Waals surface area contributed by atoms with Crippen molar-refractivity contribution in [3.63, 3.8) is 0 Å². The number of likely N-dealkylation sites (tertiary alicyclic amines) is 1. The lowest BCUT2D eigenvalue weighted by Crippen LogP contribution is -2.66. The van der Waals surface area contributed by atoms with E-state index < -0.39 is 5.56 Å². The number of H-pyrrole nitrogens is 1. The van der Waals surface area contributed by atoms with Gasteiger partial charge in [0.2, 0.25) is 5.91 Å². The van der Waals surface area contributed by atoms with Crippen LogP contribution in [-0.4, -0.2) is 73.1 Å². The minimum Gasteiger partial charge on any atom is -0.394 e. The van der Waals surface area contributed by atoms with Crippen LogP contribution in [-0.2, 0) is 4.79 Å². The van der Waals surface area contributed by atoms with Gasteiger partial charge in [-0.05, 0) is 38.0 Å². The highest BCUT2D eigenvalue weighted by molar-refractivity contribution is 5.94. The second-order valence-electron chi connectivity index (χ2n) is 8.59. The molecule has 2 N–H and O–H groups in total. The van der Waals surface area contributed by atoms with Crippen molar-refractivity contribution >= 4 is 17.5 Å². The van der Waals surface area contributed by atoms with E-state index in [1.807, 2.05) is 11.8 Å². The predicted octanol–water partition coefficient (Wildman–Crippen LogP) is 0.165. The average Bonchev–Trinajstić information content (AvgIpc) is 3.10. The third-order valence-electron chi connectivity index (χ3n) is 6.82. The molecule has 0 spiro atoms. The van der Waals surface area contributed by atoms with Gasteiger partial charge >= 0.3 is 0 Å². The second kappa shape index (κ2) is 6.69. The van der Waals surface area contributed by atoms with Crippen molar-refractivity contribution < 1.29 is 14.7 Å². The van der Waals surface area contributed by atoms with E-state index in [4.69, 9.17) is 0 Å². The number of carbonyl (C=O) groups is 2. The summed E-state index contributed by atoms with van der Waals surface area (Å²) in [5.74, 6) is -0.0129. The number of hydrogen-bond acceptors (Lipinski definition) is 5. The fraction of sp³-hybridized carbons (Fsp3) is 0.600. The number of amides is 2. The summed E-state index contributed by atoms with van der Waals surface area (Å²) in [5.41, 5.74) is 0.911. The van der Waals surface area contributed by atoms with Gasteiger partial charge in [0.1, 0.15) is 5.56 Å². The molecule has 0 aromatic carbocycles. The Kier molecular flexibility index (Phi) is 4.23. The molecule has 154 valence electrons. The molecule has 29 heavy (non-hydrogen) atoms. The Morgan fingerprint density at radius 3 is 2.90 bits per heavy atom. The van der Waals surface area contributed by atoms with Gasteiger partial charge in [-0.25, -0.2) is 9.50 Å². The Balaban J connectivity index is 1.46. The smallest absolute Gasteiger partial charge is 0.285 e. The Morgan fingerprint density at radius 1 is 1.31 bits per heavy atom. The number of rotatable bonds is 2. The molecule has 9 nitrogen and oxygen atoms in total. The molecule has 2 bridgehead atoms. The molecular weight excluding hydrogens is 374 g/mol. The summed E-state index contributed by atoms with van der Waals surface area (Å²) in [5, 5.41) is 12.9. The van der Waals surface area contributed by atoms with E-state index in [2.05, 4.69) is 10.1 Å². The monoisotopic (exact) mass is 399 g/mol. The van der Waals surface area contributed by atoms with E-state index in [0.29, 0.717) is 25.2 Å². The molecule has 3 saturated heterocycles. The highest BCUT2D eigenvalue weighted by Crippen LogP contribution is 2.41. The Morgan fingerprint density at radius 2 is 2.10 bits per heavy atom. The third kappa shape index (κ3) is 2.78. The quantitative estimate of drug-likeness (QED) is 0.748. The zero-order valence-electron chi connectivity index (χ0n) is 16.4. The lowest BCUT2D eigenvalue weighted by Gasteiger charge is -2.56. The molecule has 5 heterocycles. The van der Waals surface area contributed by atoms with Gasteiger partial charge < -0.3 is 14.9 Å². The fourth-order valence-corrected chi connectivity index (χ4v) is 5.57. The van der Waals surface area contributed by atoms with Crippen molar-refractivity contribution in [3.8, 4) is 0 Å². The lowest BCUT2D eigenvalue weighted by molar-refractivity contribution is -0.154. The molecule has 0 aliphatic carbocycles. The lowest BCUT2D eigenvalue weighted by atomic mass is 9.72. The summed E-state index contributed by atoms with van der Waals surface area (Å²) >= 11 is 0. The maximum atomic E-state index is 13.2. The van der Waals surface area contributed by atoms with E-state index in [0.717, 1.165) is 25.0 Å². The standard InChI is InChI=1S/C20H25N5O4/c1-11-5-17-21-7-14(20(29)25(17)22-11)19(28)23-8-12-6-13(9-23)16(10-26)24-15(12)3-2-4-18(24)27/h5,7,12-13,15-16,22,26H,2-4,6,8-10H2,1H3/t12-,13+,15+,16+/m1/s1. The van der Waals surface area contributed by atoms with Crippen molar-refractivity contribution in [2.75, 3.05) is 19.7 Å². The number of aliphatic hydroxyl groups is 1. The van der Waals surface area contributed by atoms with Crippen LogP contribution in [0, 0.1) is 18.8 Å². The summed E-state index contributed by atoms with van der Waals surface area (Å²) in [6.45, 7) is 2.68. The highest BCUT2D eigenvalue weighted by Gasteiger charge is 2.50. The molecule has 0 radical (unpaired) electrons. The summed E-state index contributed by atoms with van der Waals surface area (Å²) in [4.78, 5) is 46.4. The fourth-order valence-electron chi connectivity index (χ4n) is 5.57. The van der Waals surface area contributed by atoms with Gasteiger partial charge in [-0.1, -0.05) is 0 Å². The molecule has 3 fully saturated rings. The second-order valence-corrected chi connectivity index (χ2v) is 8.59. The summed E-state index contributed by atoms with van der Waals surface area (Å²) in [6.07, 6.45) is 4.54. The zero-order chi connectivity index (χ0) is 20.3. The van der Waals surface area contributed by atoms with Crippen molar-refractivity contribution in [2.24, 2.45) is 11.8 Å². The van der Waals surface area contributed by atoms with Crippen LogP contribution in [0.25, 0.3) is 5.65 Å². The molecule has 4 atom stereocenters. The van der Waals surface area contributed by atoms with Crippen LogP contribution in [0.15, 0.2) is 17.1 Å². The van der Waals surface area contributed by atoms with Crippen molar-refractivity contribution in [1.29, 1.82) is 0 Å². The van der Waals surface area contributed by atoms with E-state index in [9.17, 15) is 19.5 Å². The van der Waals surface area contributed by atoms with E-state index in [-0.39, 0.29) is 47.9 Å². The van der Waals surface area contributed by atoms with Gasteiger partial charge in [0.25, 0.3) is 11.5 Å². The summed E-state index contributed by atoms with van der Waals surface area (Å²) in [7, 11) is 0. The molecule has 2 aromatic rings. The summed E-state index contributed by atoms with van der Waals surface area (Å²) < 4.78 is 1.30. The van der Waals surface area contributed by atoms with E-state index in [1.54, 1.807) is 11.0 Å². The molecule has 5 rings (SSSR count). The Bertz CT molecular complexity index is 1030. The number of aromatic amines is 1. The number of hydrogen-bond donors (Lipinski definition) is 2. The van der Waals surface area contributed by atoms with Gasteiger partial charge in [0.15, 0.2) is 5.65 Å². The number of nitrogens with one attached hydrogen (secondary N) is 1. The molecule has 0 saturated carbocycles. The Labute approximate surface area is 167 Å². The normalized spacial score (nSPS) is 29.2. The maximum absolute atomic E-state index is 13.2. The van der Waals surface area contributed by atoms with Crippen LogP contribution in [0.3, 0.4) is 0 Å². The van der Waals surface area contributed by atoms with E-state index in [1.165, 1.54) is 10.7 Å². The first-order valence-corrected chi connectivity index (χ1v) is 10.3. The van der Waals surface area contributed by atoms with Crippen LogP contribution in [0.1, 0.15) is 41.7 Å². The van der Waals surface area contributed by atoms with E-state index >= 15 is 0 Å². The molecule has 2 amide bonds. The van der Waals surface area contributed by atoms with Gasteiger partial charge in [0.05, 0.1) is 12.6 Å². The van der Waals surface area contributed by atoms with Gasteiger partial charge in [-0.15, -0.1) is 0 Å². The van der Waals surface area contributed by atoms with Crippen LogP contribution in [0.5, 0.6) is 0 Å². The SMILES string of the molecule is Cc1cc2ncc(C(=O)N3C[C@H]4C[C@@H](C3)[C@H](CO)N3C(=O)CCC[C@@H]43)c(=O)n2[nH]1. The van der Waals surface area contributed by atoms with Crippen LogP contribution in [0.4, 0.5) is 0 Å². The number of fused-ring (bicyclic) bond motifs is 5. The van der Waals surface area contributed by atoms with Crippen molar-refractivity contribution in [3.05, 3.63) is 33.9 Å².